The minimum absolute atomic E-state index is 0.0195. The minimum Gasteiger partial charge on any atom is -0.315 e. The van der Waals surface area contributed by atoms with Crippen LogP contribution in [0.25, 0.3) is 11.4 Å². The van der Waals surface area contributed by atoms with Gasteiger partial charge in [0.2, 0.25) is 5.91 Å². The summed E-state index contributed by atoms with van der Waals surface area (Å²) < 4.78 is 16.3. The van der Waals surface area contributed by atoms with E-state index >= 15 is 0 Å². The Bertz CT molecular complexity index is 987. The van der Waals surface area contributed by atoms with E-state index in [2.05, 4.69) is 10.2 Å². The average Bonchev–Trinajstić information content (AvgIpc) is 3.48. The Kier molecular flexibility index (Phi) is 5.17. The van der Waals surface area contributed by atoms with Gasteiger partial charge in [-0.3, -0.25) is 9.36 Å². The van der Waals surface area contributed by atoms with Gasteiger partial charge in [-0.25, -0.2) is 4.39 Å². The molecule has 0 unspecified atom stereocenters. The van der Waals surface area contributed by atoms with Crippen molar-refractivity contribution in [2.24, 2.45) is 0 Å². The first-order chi connectivity index (χ1) is 13.6. The number of hydrogen-bond donors (Lipinski definition) is 0. The number of rotatable bonds is 6. The second-order valence-electron chi connectivity index (χ2n) is 6.88. The lowest BCUT2D eigenvalue weighted by Crippen LogP contribution is -2.33. The van der Waals surface area contributed by atoms with E-state index in [1.54, 1.807) is 30.1 Å². The van der Waals surface area contributed by atoms with E-state index in [-0.39, 0.29) is 23.0 Å². The number of nitrogens with zero attached hydrogens (tertiary/aromatic N) is 4. The highest BCUT2D eigenvalue weighted by molar-refractivity contribution is 8.00. The fraction of sp³-hybridized carbons (Fsp3) is 0.286. The first kappa shape index (κ1) is 18.7. The number of thioether (sulfide) groups is 1. The van der Waals surface area contributed by atoms with Crippen LogP contribution in [0.4, 0.5) is 10.1 Å². The van der Waals surface area contributed by atoms with Crippen molar-refractivity contribution in [3.05, 3.63) is 60.4 Å². The molecule has 0 radical (unpaired) electrons. The van der Waals surface area contributed by atoms with Crippen molar-refractivity contribution in [3.63, 3.8) is 0 Å². The zero-order chi connectivity index (χ0) is 19.7. The van der Waals surface area contributed by atoms with Crippen LogP contribution in [0.1, 0.15) is 25.8 Å². The fourth-order valence-corrected chi connectivity index (χ4v) is 4.12. The maximum absolute atomic E-state index is 14.3. The molecule has 1 heterocycles. The Morgan fingerprint density at radius 3 is 2.50 bits per heavy atom. The number of carbonyl (C=O) groups is 1. The van der Waals surface area contributed by atoms with Crippen molar-refractivity contribution in [1.82, 2.24) is 14.8 Å². The van der Waals surface area contributed by atoms with Crippen LogP contribution in [0, 0.1) is 5.82 Å². The second-order valence-corrected chi connectivity index (χ2v) is 8.19. The molecule has 0 aliphatic heterocycles. The van der Waals surface area contributed by atoms with E-state index in [0.29, 0.717) is 16.5 Å². The van der Waals surface area contributed by atoms with Crippen molar-refractivity contribution >= 4 is 23.4 Å². The Morgan fingerprint density at radius 2 is 1.82 bits per heavy atom. The van der Waals surface area contributed by atoms with E-state index in [9.17, 15) is 9.18 Å². The number of benzene rings is 2. The zero-order valence-corrected chi connectivity index (χ0v) is 16.6. The van der Waals surface area contributed by atoms with E-state index in [4.69, 9.17) is 0 Å². The number of para-hydroxylation sites is 1. The van der Waals surface area contributed by atoms with E-state index in [0.717, 1.165) is 18.5 Å². The smallest absolute Gasteiger partial charge is 0.240 e. The number of aromatic nitrogens is 3. The van der Waals surface area contributed by atoms with Gasteiger partial charge in [-0.1, -0.05) is 42.1 Å². The van der Waals surface area contributed by atoms with E-state index < -0.39 is 0 Å². The van der Waals surface area contributed by atoms with Gasteiger partial charge >= 0.3 is 0 Å². The van der Waals surface area contributed by atoms with E-state index in [1.165, 1.54) is 17.8 Å². The standard InChI is InChI=1S/C21H21FN4OS/c1-14(20(27)25(2)15-8-4-3-5-9-15)28-21-24-23-19(26(21)16-12-13-16)17-10-6-7-11-18(17)22/h3-11,14,16H,12-13H2,1-2H3/t14-/m0/s1. The summed E-state index contributed by atoms with van der Waals surface area (Å²) in [6, 6.07) is 16.4. The summed E-state index contributed by atoms with van der Waals surface area (Å²) in [4.78, 5) is 14.5. The molecule has 1 aliphatic rings. The van der Waals surface area contributed by atoms with E-state index in [1.807, 2.05) is 41.8 Å². The molecular formula is C21H21FN4OS. The summed E-state index contributed by atoms with van der Waals surface area (Å²) in [5.41, 5.74) is 1.28. The first-order valence-corrected chi connectivity index (χ1v) is 10.1. The number of carbonyl (C=O) groups excluding carboxylic acids is 1. The molecule has 2 aromatic carbocycles. The van der Waals surface area contributed by atoms with Gasteiger partial charge in [-0.2, -0.15) is 0 Å². The van der Waals surface area contributed by atoms with Gasteiger partial charge in [0.05, 0.1) is 10.8 Å². The predicted octanol–water partition coefficient (Wildman–Crippen LogP) is 4.56. The molecule has 1 aromatic heterocycles. The highest BCUT2D eigenvalue weighted by atomic mass is 32.2. The van der Waals surface area contributed by atoms with Crippen LogP contribution in [-0.4, -0.2) is 33.0 Å². The SMILES string of the molecule is C[C@H](Sc1nnc(-c2ccccc2F)n1C1CC1)C(=O)N(C)c1ccccc1. The van der Waals surface area contributed by atoms with Crippen molar-refractivity contribution < 1.29 is 9.18 Å². The van der Waals surface area contributed by atoms with Gasteiger partial charge in [0.1, 0.15) is 5.82 Å². The van der Waals surface area contributed by atoms with Crippen LogP contribution in [0.15, 0.2) is 59.8 Å². The third-order valence-electron chi connectivity index (χ3n) is 4.80. The highest BCUT2D eigenvalue weighted by Crippen LogP contribution is 2.42. The van der Waals surface area contributed by atoms with Crippen molar-refractivity contribution in [2.75, 3.05) is 11.9 Å². The van der Waals surface area contributed by atoms with Gasteiger partial charge in [-0.15, -0.1) is 10.2 Å². The van der Waals surface area contributed by atoms with Crippen LogP contribution in [-0.2, 0) is 4.79 Å². The third-order valence-corrected chi connectivity index (χ3v) is 5.84. The number of hydrogen-bond acceptors (Lipinski definition) is 4. The van der Waals surface area contributed by atoms with Gasteiger partial charge in [0.15, 0.2) is 11.0 Å². The predicted molar refractivity (Wildman–Crippen MR) is 109 cm³/mol. The maximum Gasteiger partial charge on any atom is 0.240 e. The third kappa shape index (κ3) is 3.67. The van der Waals surface area contributed by atoms with Crippen molar-refractivity contribution in [1.29, 1.82) is 0 Å². The van der Waals surface area contributed by atoms with Gasteiger partial charge in [0, 0.05) is 18.8 Å². The largest absolute Gasteiger partial charge is 0.315 e. The number of anilines is 1. The molecular weight excluding hydrogens is 375 g/mol. The molecule has 1 fully saturated rings. The van der Waals surface area contributed by atoms with Gasteiger partial charge in [0.25, 0.3) is 0 Å². The molecule has 3 aromatic rings. The second kappa shape index (κ2) is 7.75. The number of amides is 1. The summed E-state index contributed by atoms with van der Waals surface area (Å²) >= 11 is 1.37. The Morgan fingerprint density at radius 1 is 1.14 bits per heavy atom. The maximum atomic E-state index is 14.3. The van der Waals surface area contributed by atoms with Crippen molar-refractivity contribution in [3.8, 4) is 11.4 Å². The van der Waals surface area contributed by atoms with Gasteiger partial charge < -0.3 is 4.90 Å². The molecule has 7 heteroatoms. The Hall–Kier alpha value is -2.67. The molecule has 0 saturated heterocycles. The lowest BCUT2D eigenvalue weighted by atomic mass is 10.2. The quantitative estimate of drug-likeness (QED) is 0.573. The molecule has 0 N–H and O–H groups in total. The fourth-order valence-electron chi connectivity index (χ4n) is 3.11. The monoisotopic (exact) mass is 396 g/mol. The highest BCUT2D eigenvalue weighted by Gasteiger charge is 2.32. The van der Waals surface area contributed by atoms with Crippen LogP contribution in [0.3, 0.4) is 0 Å². The van der Waals surface area contributed by atoms with Crippen LogP contribution < -0.4 is 4.90 Å². The molecule has 28 heavy (non-hydrogen) atoms. The minimum atomic E-state index is -0.347. The van der Waals surface area contributed by atoms with Crippen molar-refractivity contribution in [2.45, 2.75) is 36.2 Å². The Balaban J connectivity index is 1.58. The van der Waals surface area contributed by atoms with Crippen LogP contribution >= 0.6 is 11.8 Å². The molecule has 5 nitrogen and oxygen atoms in total. The van der Waals surface area contributed by atoms with Crippen LogP contribution in [0.5, 0.6) is 0 Å². The molecule has 1 amide bonds. The lowest BCUT2D eigenvalue weighted by Gasteiger charge is -2.21. The van der Waals surface area contributed by atoms with Gasteiger partial charge in [-0.05, 0) is 44.0 Å². The molecule has 4 rings (SSSR count). The summed E-state index contributed by atoms with van der Waals surface area (Å²) in [5.74, 6) is 0.189. The molecule has 144 valence electrons. The normalized spacial score (nSPS) is 14.7. The Labute approximate surface area is 167 Å². The van der Waals surface area contributed by atoms with Crippen LogP contribution in [0.2, 0.25) is 0 Å². The average molecular weight is 396 g/mol. The summed E-state index contributed by atoms with van der Waals surface area (Å²) in [7, 11) is 1.77. The number of halogens is 1. The zero-order valence-electron chi connectivity index (χ0n) is 15.7. The first-order valence-electron chi connectivity index (χ1n) is 9.25. The molecule has 1 aliphatic carbocycles. The summed E-state index contributed by atoms with van der Waals surface area (Å²) in [5, 5.41) is 8.85. The summed E-state index contributed by atoms with van der Waals surface area (Å²) in [6.45, 7) is 1.86. The molecule has 1 saturated carbocycles. The molecule has 0 bridgehead atoms. The molecule has 0 spiro atoms. The summed E-state index contributed by atoms with van der Waals surface area (Å²) in [6.07, 6.45) is 2.03. The molecule has 1 atom stereocenters. The lowest BCUT2D eigenvalue weighted by molar-refractivity contribution is -0.117. The topological polar surface area (TPSA) is 51.0 Å².